The molecule has 0 saturated heterocycles. The van der Waals surface area contributed by atoms with Gasteiger partial charge in [0.25, 0.3) is 5.56 Å². The number of carboxylic acid groups (broad SMARTS) is 1. The molecule has 0 spiro atoms. The van der Waals surface area contributed by atoms with Crippen molar-refractivity contribution in [3.05, 3.63) is 35.0 Å². The first-order valence-electron chi connectivity index (χ1n) is 4.39. The first-order chi connectivity index (χ1) is 7.15. The van der Waals surface area contributed by atoms with E-state index in [9.17, 15) is 9.59 Å². The molecule has 0 aromatic carbocycles. The van der Waals surface area contributed by atoms with Crippen LogP contribution < -0.4 is 5.56 Å². The van der Waals surface area contributed by atoms with Crippen molar-refractivity contribution in [3.63, 3.8) is 0 Å². The monoisotopic (exact) mass is 209 g/mol. The minimum atomic E-state index is -0.963. The summed E-state index contributed by atoms with van der Waals surface area (Å²) in [4.78, 5) is 21.9. The summed E-state index contributed by atoms with van der Waals surface area (Å²) in [5.41, 5.74) is -0.145. The van der Waals surface area contributed by atoms with Gasteiger partial charge in [-0.2, -0.15) is 0 Å². The largest absolute Gasteiger partial charge is 0.481 e. The minimum absolute atomic E-state index is 0.0964. The molecule has 1 aromatic heterocycles. The van der Waals surface area contributed by atoms with E-state index in [2.05, 4.69) is 16.8 Å². The molecule has 0 radical (unpaired) electrons. The Morgan fingerprint density at radius 1 is 1.67 bits per heavy atom. The SMILES string of the molecule is C=CCn1cnnc(CCC(=O)O)c1=O. The molecule has 0 amide bonds. The van der Waals surface area contributed by atoms with Crippen molar-refractivity contribution in [2.24, 2.45) is 0 Å². The van der Waals surface area contributed by atoms with Gasteiger partial charge in [0.2, 0.25) is 0 Å². The van der Waals surface area contributed by atoms with Crippen LogP contribution in [0.2, 0.25) is 0 Å². The molecule has 1 heterocycles. The van der Waals surface area contributed by atoms with E-state index in [1.54, 1.807) is 6.08 Å². The molecule has 0 saturated carbocycles. The Morgan fingerprint density at radius 3 is 3.00 bits per heavy atom. The normalized spacial score (nSPS) is 9.87. The van der Waals surface area contributed by atoms with Crippen molar-refractivity contribution >= 4 is 5.97 Å². The fourth-order valence-electron chi connectivity index (χ4n) is 1.07. The second-order valence-corrected chi connectivity index (χ2v) is 2.92. The van der Waals surface area contributed by atoms with Gasteiger partial charge in [-0.1, -0.05) is 6.08 Å². The van der Waals surface area contributed by atoms with Gasteiger partial charge in [0, 0.05) is 13.0 Å². The van der Waals surface area contributed by atoms with Crippen LogP contribution in [0.25, 0.3) is 0 Å². The molecule has 0 atom stereocenters. The molecule has 0 aliphatic rings. The van der Waals surface area contributed by atoms with Gasteiger partial charge < -0.3 is 5.11 Å². The van der Waals surface area contributed by atoms with E-state index in [0.717, 1.165) is 0 Å². The predicted molar refractivity (Wildman–Crippen MR) is 52.4 cm³/mol. The molecule has 1 aromatic rings. The lowest BCUT2D eigenvalue weighted by Gasteiger charge is -2.01. The molecular formula is C9H11N3O3. The highest BCUT2D eigenvalue weighted by atomic mass is 16.4. The number of aromatic nitrogens is 3. The second-order valence-electron chi connectivity index (χ2n) is 2.92. The van der Waals surface area contributed by atoms with Crippen LogP contribution in [0.5, 0.6) is 0 Å². The first-order valence-corrected chi connectivity index (χ1v) is 4.39. The van der Waals surface area contributed by atoms with Crippen LogP contribution in [0.1, 0.15) is 12.1 Å². The summed E-state index contributed by atoms with van der Waals surface area (Å²) in [6.07, 6.45) is 2.83. The fraction of sp³-hybridized carbons (Fsp3) is 0.333. The third-order valence-corrected chi connectivity index (χ3v) is 1.78. The zero-order valence-corrected chi connectivity index (χ0v) is 8.09. The van der Waals surface area contributed by atoms with E-state index in [1.807, 2.05) is 0 Å². The molecule has 0 unspecified atom stereocenters. The van der Waals surface area contributed by atoms with Gasteiger partial charge in [-0.15, -0.1) is 16.8 Å². The Labute approximate surface area is 85.9 Å². The fourth-order valence-corrected chi connectivity index (χ4v) is 1.07. The van der Waals surface area contributed by atoms with Crippen molar-refractivity contribution < 1.29 is 9.90 Å². The predicted octanol–water partition coefficient (Wildman–Crippen LogP) is -0.158. The lowest BCUT2D eigenvalue weighted by atomic mass is 10.2. The standard InChI is InChI=1S/C9H11N3O3/c1-2-5-12-6-10-11-7(9(12)15)3-4-8(13)14/h2,6H,1,3-5H2,(H,13,14). The van der Waals surface area contributed by atoms with E-state index >= 15 is 0 Å². The average Bonchev–Trinajstić information content (AvgIpc) is 2.19. The maximum Gasteiger partial charge on any atom is 0.303 e. The van der Waals surface area contributed by atoms with Crippen LogP contribution >= 0.6 is 0 Å². The first kappa shape index (κ1) is 11.1. The number of hydrogen-bond donors (Lipinski definition) is 1. The van der Waals surface area contributed by atoms with E-state index in [0.29, 0.717) is 6.54 Å². The Bertz CT molecular complexity index is 425. The maximum absolute atomic E-state index is 11.6. The van der Waals surface area contributed by atoms with Gasteiger partial charge in [0.15, 0.2) is 0 Å². The molecule has 80 valence electrons. The summed E-state index contributed by atoms with van der Waals surface area (Å²) in [6, 6.07) is 0. The van der Waals surface area contributed by atoms with Gasteiger partial charge in [0.05, 0.1) is 6.42 Å². The number of aryl methyl sites for hydroxylation is 1. The van der Waals surface area contributed by atoms with Crippen LogP contribution in [-0.2, 0) is 17.8 Å². The Hall–Kier alpha value is -1.98. The van der Waals surface area contributed by atoms with Gasteiger partial charge in [-0.25, -0.2) is 0 Å². The second kappa shape index (κ2) is 5.04. The zero-order chi connectivity index (χ0) is 11.3. The molecule has 6 heteroatoms. The summed E-state index contributed by atoms with van der Waals surface area (Å²) in [6.45, 7) is 3.84. The molecule has 15 heavy (non-hydrogen) atoms. The topological polar surface area (TPSA) is 85.1 Å². The molecule has 1 rings (SSSR count). The summed E-state index contributed by atoms with van der Waals surface area (Å²) >= 11 is 0. The van der Waals surface area contributed by atoms with Crippen LogP contribution in [0.3, 0.4) is 0 Å². The quantitative estimate of drug-likeness (QED) is 0.681. The third kappa shape index (κ3) is 3.01. The Kier molecular flexibility index (Phi) is 3.73. The van der Waals surface area contributed by atoms with Crippen LogP contribution in [-0.4, -0.2) is 25.8 Å². The summed E-state index contributed by atoms with van der Waals surface area (Å²) in [5, 5.41) is 15.7. The molecule has 6 nitrogen and oxygen atoms in total. The van der Waals surface area contributed by atoms with Gasteiger partial charge in [0.1, 0.15) is 12.0 Å². The number of carboxylic acids is 1. The van der Waals surface area contributed by atoms with Crippen molar-refractivity contribution in [1.29, 1.82) is 0 Å². The lowest BCUT2D eigenvalue weighted by molar-refractivity contribution is -0.136. The minimum Gasteiger partial charge on any atom is -0.481 e. The van der Waals surface area contributed by atoms with Crippen LogP contribution in [0.4, 0.5) is 0 Å². The number of allylic oxidation sites excluding steroid dienone is 1. The molecule has 0 fully saturated rings. The third-order valence-electron chi connectivity index (χ3n) is 1.78. The zero-order valence-electron chi connectivity index (χ0n) is 8.09. The van der Waals surface area contributed by atoms with Crippen molar-refractivity contribution in [2.45, 2.75) is 19.4 Å². The Balaban J connectivity index is 2.89. The highest BCUT2D eigenvalue weighted by Gasteiger charge is 2.07. The molecule has 0 bridgehead atoms. The Morgan fingerprint density at radius 2 is 2.40 bits per heavy atom. The number of nitrogens with zero attached hydrogens (tertiary/aromatic N) is 3. The van der Waals surface area contributed by atoms with Gasteiger partial charge in [-0.05, 0) is 0 Å². The number of hydrogen-bond acceptors (Lipinski definition) is 4. The molecule has 0 aliphatic carbocycles. The summed E-state index contributed by atoms with van der Waals surface area (Å²) in [5.74, 6) is -0.963. The van der Waals surface area contributed by atoms with Crippen LogP contribution in [0, 0.1) is 0 Å². The summed E-state index contributed by atoms with van der Waals surface area (Å²) in [7, 11) is 0. The number of carbonyl (C=O) groups is 1. The molecule has 1 N–H and O–H groups in total. The van der Waals surface area contributed by atoms with Crippen LogP contribution in [0.15, 0.2) is 23.8 Å². The average molecular weight is 209 g/mol. The van der Waals surface area contributed by atoms with Gasteiger partial charge in [-0.3, -0.25) is 14.2 Å². The van der Waals surface area contributed by atoms with E-state index in [1.165, 1.54) is 10.9 Å². The highest BCUT2D eigenvalue weighted by molar-refractivity contribution is 5.66. The van der Waals surface area contributed by atoms with E-state index in [-0.39, 0.29) is 24.1 Å². The molecule has 0 aliphatic heterocycles. The lowest BCUT2D eigenvalue weighted by Crippen LogP contribution is -2.25. The van der Waals surface area contributed by atoms with Crippen molar-refractivity contribution in [2.75, 3.05) is 0 Å². The number of rotatable bonds is 5. The summed E-state index contributed by atoms with van der Waals surface area (Å²) < 4.78 is 1.33. The number of aliphatic carboxylic acids is 1. The van der Waals surface area contributed by atoms with Gasteiger partial charge >= 0.3 is 5.97 Å². The van der Waals surface area contributed by atoms with Crippen molar-refractivity contribution in [1.82, 2.24) is 14.8 Å². The highest BCUT2D eigenvalue weighted by Crippen LogP contribution is 1.91. The molecular weight excluding hydrogens is 198 g/mol. The maximum atomic E-state index is 11.6. The van der Waals surface area contributed by atoms with Crippen molar-refractivity contribution in [3.8, 4) is 0 Å². The van der Waals surface area contributed by atoms with E-state index < -0.39 is 5.97 Å². The smallest absolute Gasteiger partial charge is 0.303 e. The van der Waals surface area contributed by atoms with E-state index in [4.69, 9.17) is 5.11 Å².